The van der Waals surface area contributed by atoms with Crippen LogP contribution in [0.4, 0.5) is 4.39 Å². The topological polar surface area (TPSA) is 46.2 Å². The Morgan fingerprint density at radius 3 is 2.60 bits per heavy atom. The summed E-state index contributed by atoms with van der Waals surface area (Å²) in [6.07, 6.45) is 2.69. The van der Waals surface area contributed by atoms with Gasteiger partial charge in [0.25, 0.3) is 0 Å². The molecule has 1 aromatic carbocycles. The van der Waals surface area contributed by atoms with Crippen LogP contribution >= 0.6 is 11.6 Å². The Kier molecular flexibility index (Phi) is 6.92. The third kappa shape index (κ3) is 5.04. The van der Waals surface area contributed by atoms with E-state index in [1.165, 1.54) is 12.1 Å². The Bertz CT molecular complexity index is 528. The lowest BCUT2D eigenvalue weighted by atomic mass is 10.0. The zero-order chi connectivity index (χ0) is 15.2. The van der Waals surface area contributed by atoms with E-state index in [1.807, 2.05) is 0 Å². The first-order valence-corrected chi connectivity index (χ1v) is 8.74. The van der Waals surface area contributed by atoms with Gasteiger partial charge >= 0.3 is 0 Å². The monoisotopic (exact) mass is 321 g/mol. The molecule has 0 aliphatic heterocycles. The van der Waals surface area contributed by atoms with E-state index >= 15 is 0 Å². The summed E-state index contributed by atoms with van der Waals surface area (Å²) in [5, 5.41) is 0. The van der Waals surface area contributed by atoms with E-state index in [2.05, 4.69) is 11.6 Å². The van der Waals surface area contributed by atoms with Gasteiger partial charge in [-0.2, -0.15) is 0 Å². The molecular weight excluding hydrogens is 301 g/mol. The van der Waals surface area contributed by atoms with Gasteiger partial charge < -0.3 is 0 Å². The van der Waals surface area contributed by atoms with Gasteiger partial charge in [0.1, 0.15) is 5.82 Å². The summed E-state index contributed by atoms with van der Waals surface area (Å²) in [7, 11) is -3.60. The second-order valence-corrected chi connectivity index (χ2v) is 7.01. The summed E-state index contributed by atoms with van der Waals surface area (Å²) in [6, 6.07) is 3.67. The second kappa shape index (κ2) is 7.96. The average Bonchev–Trinajstić information content (AvgIpc) is 2.36. The molecule has 3 nitrogen and oxygen atoms in total. The fourth-order valence-electron chi connectivity index (χ4n) is 2.13. The van der Waals surface area contributed by atoms with Crippen molar-refractivity contribution in [1.29, 1.82) is 0 Å². The molecule has 0 fully saturated rings. The number of benzene rings is 1. The van der Waals surface area contributed by atoms with Gasteiger partial charge in [-0.05, 0) is 49.4 Å². The number of nitrogens with one attached hydrogen (secondary N) is 1. The second-order valence-electron chi connectivity index (χ2n) is 4.89. The molecule has 1 rings (SSSR count). The number of rotatable bonds is 8. The summed E-state index contributed by atoms with van der Waals surface area (Å²) in [5.41, 5.74) is 0.405. The van der Waals surface area contributed by atoms with Crippen molar-refractivity contribution < 1.29 is 12.8 Å². The molecule has 0 aromatic heterocycles. The third-order valence-corrected chi connectivity index (χ3v) is 5.00. The molecule has 1 N–H and O–H groups in total. The number of hydrogen-bond acceptors (Lipinski definition) is 2. The molecule has 114 valence electrons. The van der Waals surface area contributed by atoms with Crippen LogP contribution in [0, 0.1) is 18.7 Å². The van der Waals surface area contributed by atoms with Crippen molar-refractivity contribution in [2.24, 2.45) is 5.92 Å². The molecule has 0 aliphatic carbocycles. The van der Waals surface area contributed by atoms with Crippen LogP contribution in [0.1, 0.15) is 31.7 Å². The van der Waals surface area contributed by atoms with Gasteiger partial charge in [-0.25, -0.2) is 17.5 Å². The van der Waals surface area contributed by atoms with Crippen LogP contribution in [0.5, 0.6) is 0 Å². The maximum atomic E-state index is 13.0. The lowest BCUT2D eigenvalue weighted by Gasteiger charge is -2.16. The standard InChI is InChI=1S/C14H21ClFNO2S/c1-3-4-12(7-8-15)10-17-20(18,19)14-6-5-13(16)9-11(14)2/h5-6,9,12,17H,3-4,7-8,10H2,1-2H3. The molecule has 0 saturated carbocycles. The zero-order valence-corrected chi connectivity index (χ0v) is 13.4. The normalized spacial score (nSPS) is 13.4. The molecule has 0 radical (unpaired) electrons. The number of halogens is 2. The Morgan fingerprint density at radius 1 is 1.35 bits per heavy atom. The van der Waals surface area contributed by atoms with E-state index in [1.54, 1.807) is 6.92 Å². The third-order valence-electron chi connectivity index (χ3n) is 3.20. The van der Waals surface area contributed by atoms with E-state index in [0.717, 1.165) is 25.3 Å². The van der Waals surface area contributed by atoms with Crippen molar-refractivity contribution in [3.63, 3.8) is 0 Å². The molecule has 1 aromatic rings. The van der Waals surface area contributed by atoms with Crippen molar-refractivity contribution in [3.8, 4) is 0 Å². The quantitative estimate of drug-likeness (QED) is 0.745. The zero-order valence-electron chi connectivity index (χ0n) is 11.8. The lowest BCUT2D eigenvalue weighted by molar-refractivity contribution is 0.457. The lowest BCUT2D eigenvalue weighted by Crippen LogP contribution is -2.30. The number of alkyl halides is 1. The Balaban J connectivity index is 2.78. The molecule has 0 saturated heterocycles. The maximum Gasteiger partial charge on any atom is 0.240 e. The average molecular weight is 322 g/mol. The minimum atomic E-state index is -3.60. The van der Waals surface area contributed by atoms with Gasteiger partial charge in [-0.1, -0.05) is 13.3 Å². The molecule has 1 atom stereocenters. The summed E-state index contributed by atoms with van der Waals surface area (Å²) < 4.78 is 40.0. The van der Waals surface area contributed by atoms with E-state index < -0.39 is 15.8 Å². The summed E-state index contributed by atoms with van der Waals surface area (Å²) in [6.45, 7) is 4.00. The van der Waals surface area contributed by atoms with Gasteiger partial charge in [0, 0.05) is 12.4 Å². The molecule has 1 unspecified atom stereocenters. The first-order chi connectivity index (χ1) is 9.40. The van der Waals surface area contributed by atoms with Gasteiger partial charge in [0.05, 0.1) is 4.90 Å². The minimum Gasteiger partial charge on any atom is -0.211 e. The fourth-order valence-corrected chi connectivity index (χ4v) is 3.78. The molecule has 0 amide bonds. The molecule has 0 heterocycles. The smallest absolute Gasteiger partial charge is 0.211 e. The number of hydrogen-bond donors (Lipinski definition) is 1. The van der Waals surface area contributed by atoms with E-state index in [-0.39, 0.29) is 10.8 Å². The predicted octanol–water partition coefficient (Wildman–Crippen LogP) is 3.46. The predicted molar refractivity (Wildman–Crippen MR) is 80.1 cm³/mol. The van der Waals surface area contributed by atoms with Crippen molar-refractivity contribution in [2.75, 3.05) is 12.4 Å². The summed E-state index contributed by atoms with van der Waals surface area (Å²) in [4.78, 5) is 0.125. The number of aryl methyl sites for hydroxylation is 1. The Hall–Kier alpha value is -0.650. The highest BCUT2D eigenvalue weighted by Crippen LogP contribution is 2.17. The first kappa shape index (κ1) is 17.4. The maximum absolute atomic E-state index is 13.0. The molecular formula is C14H21ClFNO2S. The molecule has 0 bridgehead atoms. The Morgan fingerprint density at radius 2 is 2.05 bits per heavy atom. The van der Waals surface area contributed by atoms with E-state index in [4.69, 9.17) is 11.6 Å². The molecule has 20 heavy (non-hydrogen) atoms. The van der Waals surface area contributed by atoms with Gasteiger partial charge in [0.2, 0.25) is 10.0 Å². The van der Waals surface area contributed by atoms with Gasteiger partial charge in [-0.3, -0.25) is 0 Å². The highest BCUT2D eigenvalue weighted by molar-refractivity contribution is 7.89. The Labute approximate surface area is 125 Å². The largest absolute Gasteiger partial charge is 0.240 e. The fraction of sp³-hybridized carbons (Fsp3) is 0.571. The number of sulfonamides is 1. The SMILES string of the molecule is CCCC(CCCl)CNS(=O)(=O)c1ccc(F)cc1C. The van der Waals surface area contributed by atoms with Crippen molar-refractivity contribution in [3.05, 3.63) is 29.6 Å². The van der Waals surface area contributed by atoms with Crippen LogP contribution < -0.4 is 4.72 Å². The molecule has 6 heteroatoms. The van der Waals surface area contributed by atoms with Crippen molar-refractivity contribution in [1.82, 2.24) is 4.72 Å². The summed E-state index contributed by atoms with van der Waals surface area (Å²) in [5.74, 6) is 0.308. The van der Waals surface area contributed by atoms with Crippen LogP contribution in [0.2, 0.25) is 0 Å². The summed E-state index contributed by atoms with van der Waals surface area (Å²) >= 11 is 5.72. The van der Waals surface area contributed by atoms with Crippen LogP contribution in [-0.4, -0.2) is 20.8 Å². The van der Waals surface area contributed by atoms with Crippen molar-refractivity contribution >= 4 is 21.6 Å². The van der Waals surface area contributed by atoms with Crippen LogP contribution in [0.15, 0.2) is 23.1 Å². The van der Waals surface area contributed by atoms with Crippen LogP contribution in [0.25, 0.3) is 0 Å². The molecule has 0 spiro atoms. The minimum absolute atomic E-state index is 0.125. The molecule has 0 aliphatic rings. The van der Waals surface area contributed by atoms with Gasteiger partial charge in [0.15, 0.2) is 0 Å². The highest BCUT2D eigenvalue weighted by Gasteiger charge is 2.18. The van der Waals surface area contributed by atoms with Crippen molar-refractivity contribution in [2.45, 2.75) is 38.0 Å². The first-order valence-electron chi connectivity index (χ1n) is 6.72. The van der Waals surface area contributed by atoms with E-state index in [0.29, 0.717) is 18.0 Å². The highest BCUT2D eigenvalue weighted by atomic mass is 35.5. The van der Waals surface area contributed by atoms with Crippen LogP contribution in [0.3, 0.4) is 0 Å². The van der Waals surface area contributed by atoms with Gasteiger partial charge in [-0.15, -0.1) is 11.6 Å². The van der Waals surface area contributed by atoms with E-state index in [9.17, 15) is 12.8 Å². The van der Waals surface area contributed by atoms with Crippen LogP contribution in [-0.2, 0) is 10.0 Å².